The zero-order valence-corrected chi connectivity index (χ0v) is 19.1. The van der Waals surface area contributed by atoms with Crippen LogP contribution in [0.15, 0.2) is 66.3 Å². The van der Waals surface area contributed by atoms with E-state index in [0.29, 0.717) is 17.5 Å². The molecule has 0 saturated carbocycles. The second-order valence-electron chi connectivity index (χ2n) is 7.60. The van der Waals surface area contributed by atoms with E-state index < -0.39 is 5.82 Å². The van der Waals surface area contributed by atoms with Crippen LogP contribution >= 0.6 is 11.8 Å². The highest BCUT2D eigenvalue weighted by Gasteiger charge is 2.16. The molecule has 172 valence electrons. The molecule has 1 saturated heterocycles. The third-order valence-electron chi connectivity index (χ3n) is 5.25. The first-order chi connectivity index (χ1) is 16.1. The van der Waals surface area contributed by atoms with Gasteiger partial charge in [-0.1, -0.05) is 30.0 Å². The number of halogens is 1. The Hall–Kier alpha value is -3.33. The van der Waals surface area contributed by atoms with Crippen LogP contribution in [0.5, 0.6) is 5.75 Å². The number of carbonyl (C=O) groups excluding carboxylic acids is 1. The van der Waals surface area contributed by atoms with Gasteiger partial charge in [-0.15, -0.1) is 16.8 Å². The molecule has 2 aromatic carbocycles. The number of amides is 1. The standard InChI is InChI=1S/C24H26FN5O2S/c1-2-13-30-22(16-32-21-8-4-3-7-20(21)25)27-28-24(30)33-17-23(31)26-18-9-11-19(12-10-18)29-14-5-6-15-29/h2-4,7-12H,1,5-6,13-17H2,(H,26,31). The number of para-hydroxylation sites is 1. The number of allylic oxidation sites excluding steroid dienone is 1. The second kappa shape index (κ2) is 11.0. The van der Waals surface area contributed by atoms with Crippen molar-refractivity contribution in [3.8, 4) is 5.75 Å². The van der Waals surface area contributed by atoms with Gasteiger partial charge >= 0.3 is 0 Å². The van der Waals surface area contributed by atoms with Crippen LogP contribution in [0.3, 0.4) is 0 Å². The predicted octanol–water partition coefficient (Wildman–Crippen LogP) is 4.51. The molecule has 0 radical (unpaired) electrons. The van der Waals surface area contributed by atoms with Crippen LogP contribution in [0, 0.1) is 5.82 Å². The Labute approximate surface area is 196 Å². The van der Waals surface area contributed by atoms with Gasteiger partial charge < -0.3 is 15.0 Å². The number of rotatable bonds is 10. The highest BCUT2D eigenvalue weighted by atomic mass is 32.2. The van der Waals surface area contributed by atoms with Gasteiger partial charge in [-0.05, 0) is 49.2 Å². The number of benzene rings is 2. The van der Waals surface area contributed by atoms with Crippen LogP contribution < -0.4 is 15.0 Å². The van der Waals surface area contributed by atoms with Gasteiger partial charge in [0.15, 0.2) is 22.5 Å². The fraction of sp³-hybridized carbons (Fsp3) is 0.292. The molecule has 0 aliphatic carbocycles. The molecule has 2 heterocycles. The summed E-state index contributed by atoms with van der Waals surface area (Å²) in [5.41, 5.74) is 1.94. The number of nitrogens with one attached hydrogen (secondary N) is 1. The molecule has 1 aliphatic heterocycles. The molecular weight excluding hydrogens is 441 g/mol. The summed E-state index contributed by atoms with van der Waals surface area (Å²) >= 11 is 1.28. The predicted molar refractivity (Wildman–Crippen MR) is 128 cm³/mol. The van der Waals surface area contributed by atoms with Crippen LogP contribution in [-0.4, -0.2) is 39.5 Å². The maximum atomic E-state index is 13.8. The van der Waals surface area contributed by atoms with Gasteiger partial charge in [-0.25, -0.2) is 4.39 Å². The number of hydrogen-bond acceptors (Lipinski definition) is 6. The van der Waals surface area contributed by atoms with Crippen molar-refractivity contribution in [3.05, 3.63) is 72.8 Å². The zero-order valence-electron chi connectivity index (χ0n) is 18.2. The van der Waals surface area contributed by atoms with Crippen LogP contribution in [0.2, 0.25) is 0 Å². The van der Waals surface area contributed by atoms with Crippen LogP contribution in [0.4, 0.5) is 15.8 Å². The summed E-state index contributed by atoms with van der Waals surface area (Å²) in [6, 6.07) is 14.1. The summed E-state index contributed by atoms with van der Waals surface area (Å²) in [5, 5.41) is 11.8. The van der Waals surface area contributed by atoms with Gasteiger partial charge in [-0.3, -0.25) is 9.36 Å². The van der Waals surface area contributed by atoms with Gasteiger partial charge in [0.05, 0.1) is 5.75 Å². The van der Waals surface area contributed by atoms with Gasteiger partial charge in [-0.2, -0.15) is 0 Å². The van der Waals surface area contributed by atoms with Gasteiger partial charge in [0.1, 0.15) is 6.61 Å². The third-order valence-corrected chi connectivity index (χ3v) is 6.22. The number of ether oxygens (including phenoxy) is 1. The normalized spacial score (nSPS) is 13.2. The Morgan fingerprint density at radius 2 is 1.91 bits per heavy atom. The SMILES string of the molecule is C=CCn1c(COc2ccccc2F)nnc1SCC(=O)Nc1ccc(N2CCCC2)cc1. The highest BCUT2D eigenvalue weighted by Crippen LogP contribution is 2.23. The number of thioether (sulfide) groups is 1. The molecule has 1 aromatic heterocycles. The molecule has 7 nitrogen and oxygen atoms in total. The minimum absolute atomic E-state index is 0.0535. The number of carbonyl (C=O) groups is 1. The Morgan fingerprint density at radius 3 is 2.64 bits per heavy atom. The first-order valence-corrected chi connectivity index (χ1v) is 11.8. The Bertz CT molecular complexity index is 1100. The largest absolute Gasteiger partial charge is 0.483 e. The molecule has 0 spiro atoms. The molecule has 1 amide bonds. The third kappa shape index (κ3) is 5.92. The molecule has 0 unspecified atom stereocenters. The van der Waals surface area contributed by atoms with Crippen LogP contribution in [-0.2, 0) is 17.9 Å². The number of nitrogens with zero attached hydrogens (tertiary/aromatic N) is 4. The summed E-state index contributed by atoms with van der Waals surface area (Å²) in [6.07, 6.45) is 4.16. The van der Waals surface area contributed by atoms with Crippen molar-refractivity contribution in [2.24, 2.45) is 0 Å². The van der Waals surface area contributed by atoms with E-state index in [9.17, 15) is 9.18 Å². The number of hydrogen-bond donors (Lipinski definition) is 1. The number of aromatic nitrogens is 3. The Balaban J connectivity index is 1.33. The summed E-state index contributed by atoms with van der Waals surface area (Å²) in [4.78, 5) is 14.8. The first kappa shape index (κ1) is 22.8. The van der Waals surface area contributed by atoms with E-state index in [1.807, 2.05) is 24.3 Å². The molecule has 0 bridgehead atoms. The molecule has 1 aliphatic rings. The van der Waals surface area contributed by atoms with Crippen molar-refractivity contribution in [1.29, 1.82) is 0 Å². The molecular formula is C24H26FN5O2S. The average Bonchev–Trinajstić information content (AvgIpc) is 3.49. The van der Waals surface area contributed by atoms with Crippen molar-refractivity contribution in [2.45, 2.75) is 31.1 Å². The fourth-order valence-electron chi connectivity index (χ4n) is 3.61. The maximum absolute atomic E-state index is 13.8. The summed E-state index contributed by atoms with van der Waals surface area (Å²) < 4.78 is 21.2. The lowest BCUT2D eigenvalue weighted by Gasteiger charge is -2.17. The van der Waals surface area contributed by atoms with Crippen molar-refractivity contribution < 1.29 is 13.9 Å². The highest BCUT2D eigenvalue weighted by molar-refractivity contribution is 7.99. The fourth-order valence-corrected chi connectivity index (χ4v) is 4.37. The van der Waals surface area contributed by atoms with Gasteiger partial charge in [0.25, 0.3) is 0 Å². The van der Waals surface area contributed by atoms with E-state index in [0.717, 1.165) is 18.8 Å². The summed E-state index contributed by atoms with van der Waals surface area (Å²) in [7, 11) is 0. The molecule has 1 fully saturated rings. The molecule has 9 heteroatoms. The zero-order chi connectivity index (χ0) is 23.0. The number of anilines is 2. The van der Waals surface area contributed by atoms with E-state index in [4.69, 9.17) is 4.74 Å². The van der Waals surface area contributed by atoms with Gasteiger partial charge in [0, 0.05) is 31.0 Å². The van der Waals surface area contributed by atoms with E-state index >= 15 is 0 Å². The lowest BCUT2D eigenvalue weighted by Crippen LogP contribution is -2.18. The van der Waals surface area contributed by atoms with Crippen molar-refractivity contribution >= 4 is 29.0 Å². The maximum Gasteiger partial charge on any atom is 0.234 e. The molecule has 3 aromatic rings. The minimum atomic E-state index is -0.438. The van der Waals surface area contributed by atoms with E-state index in [-0.39, 0.29) is 24.0 Å². The van der Waals surface area contributed by atoms with Crippen molar-refractivity contribution in [1.82, 2.24) is 14.8 Å². The lowest BCUT2D eigenvalue weighted by molar-refractivity contribution is -0.113. The molecule has 1 N–H and O–H groups in total. The Kier molecular flexibility index (Phi) is 7.62. The van der Waals surface area contributed by atoms with Crippen molar-refractivity contribution in [2.75, 3.05) is 29.1 Å². The summed E-state index contributed by atoms with van der Waals surface area (Å²) in [6.45, 7) is 6.44. The molecule has 0 atom stereocenters. The van der Waals surface area contributed by atoms with Gasteiger partial charge in [0.2, 0.25) is 5.91 Å². The second-order valence-corrected chi connectivity index (χ2v) is 8.54. The first-order valence-electron chi connectivity index (χ1n) is 10.8. The smallest absolute Gasteiger partial charge is 0.234 e. The molecule has 4 rings (SSSR count). The molecule has 33 heavy (non-hydrogen) atoms. The van der Waals surface area contributed by atoms with Crippen molar-refractivity contribution in [3.63, 3.8) is 0 Å². The van der Waals surface area contributed by atoms with E-state index in [2.05, 4.69) is 27.0 Å². The summed E-state index contributed by atoms with van der Waals surface area (Å²) in [5.74, 6) is 0.281. The van der Waals surface area contributed by atoms with E-state index in [1.165, 1.54) is 36.4 Å². The monoisotopic (exact) mass is 467 g/mol. The quantitative estimate of drug-likeness (QED) is 0.349. The topological polar surface area (TPSA) is 72.3 Å². The average molecular weight is 468 g/mol. The Morgan fingerprint density at radius 1 is 1.15 bits per heavy atom. The minimum Gasteiger partial charge on any atom is -0.483 e. The van der Waals surface area contributed by atoms with E-state index in [1.54, 1.807) is 28.8 Å². The lowest BCUT2D eigenvalue weighted by atomic mass is 10.2. The van der Waals surface area contributed by atoms with Crippen LogP contribution in [0.1, 0.15) is 18.7 Å². The van der Waals surface area contributed by atoms with Crippen LogP contribution in [0.25, 0.3) is 0 Å².